The second-order valence-electron chi connectivity index (χ2n) is 1.28. The van der Waals surface area contributed by atoms with Crippen molar-refractivity contribution in [2.75, 3.05) is 6.54 Å². The van der Waals surface area contributed by atoms with Crippen molar-refractivity contribution in [2.24, 2.45) is 4.99 Å². The Morgan fingerprint density at radius 3 is 2.88 bits per heavy atom. The van der Waals surface area contributed by atoms with E-state index in [0.717, 1.165) is 11.6 Å². The second kappa shape index (κ2) is 4.91. The smallest absolute Gasteiger partial charge is 0.0686 e. The van der Waals surface area contributed by atoms with Crippen LogP contribution in [-0.2, 0) is 0 Å². The maximum absolute atomic E-state index is 4.12. The summed E-state index contributed by atoms with van der Waals surface area (Å²) in [4.78, 5) is 4.12. The highest BCUT2D eigenvalue weighted by Crippen LogP contribution is 2.02. The normalized spacial score (nSPS) is 11.5. The molecule has 0 aromatic carbocycles. The highest BCUT2D eigenvalue weighted by atomic mass is 32.2. The van der Waals surface area contributed by atoms with Gasteiger partial charge in [-0.2, -0.15) is 0 Å². The van der Waals surface area contributed by atoms with Gasteiger partial charge in [-0.25, -0.2) is 0 Å². The van der Waals surface area contributed by atoms with Crippen LogP contribution >= 0.6 is 11.8 Å². The van der Waals surface area contributed by atoms with Crippen LogP contribution in [0, 0.1) is 0 Å². The summed E-state index contributed by atoms with van der Waals surface area (Å²) in [5.74, 6) is 0. The molecule has 0 aliphatic carbocycles. The Morgan fingerprint density at radius 2 is 2.50 bits per heavy atom. The molecular weight excluding hydrogens is 118 g/mol. The molecule has 0 saturated heterocycles. The molecule has 0 N–H and O–H groups in total. The lowest BCUT2D eigenvalue weighted by Crippen LogP contribution is -1.80. The van der Waals surface area contributed by atoms with Gasteiger partial charge in [-0.15, -0.1) is 0 Å². The van der Waals surface area contributed by atoms with E-state index in [9.17, 15) is 0 Å². The highest BCUT2D eigenvalue weighted by Gasteiger charge is 1.81. The van der Waals surface area contributed by atoms with E-state index >= 15 is 0 Å². The van der Waals surface area contributed by atoms with Gasteiger partial charge in [-0.1, -0.05) is 18.3 Å². The third-order valence-electron chi connectivity index (χ3n) is 0.635. The van der Waals surface area contributed by atoms with E-state index in [-0.39, 0.29) is 0 Å². The quantitative estimate of drug-likeness (QED) is 0.411. The van der Waals surface area contributed by atoms with Crippen molar-refractivity contribution < 1.29 is 0 Å². The molecule has 0 aromatic heterocycles. The van der Waals surface area contributed by atoms with Crippen molar-refractivity contribution in [3.63, 3.8) is 0 Å². The number of thioether (sulfide) groups is 1. The minimum Gasteiger partial charge on any atom is -0.283 e. The summed E-state index contributed by atoms with van der Waals surface area (Å²) >= 11 is 1.57. The molecule has 0 radical (unpaired) electrons. The van der Waals surface area contributed by atoms with E-state index in [4.69, 9.17) is 0 Å². The molecule has 2 heteroatoms. The molecule has 0 heterocycles. The Bertz CT molecular complexity index is 96.7. The minimum atomic E-state index is 0.868. The largest absolute Gasteiger partial charge is 0.283 e. The van der Waals surface area contributed by atoms with Crippen molar-refractivity contribution in [3.8, 4) is 0 Å². The maximum Gasteiger partial charge on any atom is 0.0686 e. The van der Waals surface area contributed by atoms with Gasteiger partial charge in [-0.05, 0) is 19.3 Å². The molecule has 0 bridgehead atoms. The molecule has 0 rings (SSSR count). The molecule has 0 amide bonds. The zero-order valence-electron chi connectivity index (χ0n) is 5.35. The van der Waals surface area contributed by atoms with Crippen molar-refractivity contribution in [1.29, 1.82) is 0 Å². The molecule has 0 atom stereocenters. The molecule has 0 spiro atoms. The van der Waals surface area contributed by atoms with Gasteiger partial charge in [0.2, 0.25) is 0 Å². The van der Waals surface area contributed by atoms with Gasteiger partial charge in [0.25, 0.3) is 0 Å². The van der Waals surface area contributed by atoms with Crippen LogP contribution in [0.1, 0.15) is 13.8 Å². The zero-order chi connectivity index (χ0) is 6.41. The van der Waals surface area contributed by atoms with Crippen LogP contribution < -0.4 is 0 Å². The fourth-order valence-electron chi connectivity index (χ4n) is 0.381. The highest BCUT2D eigenvalue weighted by molar-refractivity contribution is 8.16. The molecule has 1 nitrogen and oxygen atoms in total. The topological polar surface area (TPSA) is 12.4 Å². The van der Waals surface area contributed by atoms with Crippen LogP contribution in [0.5, 0.6) is 0 Å². The lowest BCUT2D eigenvalue weighted by molar-refractivity contribution is 1.13. The van der Waals surface area contributed by atoms with Crippen LogP contribution in [0.25, 0.3) is 0 Å². The molecular formula is C6H11NS. The summed E-state index contributed by atoms with van der Waals surface area (Å²) in [7, 11) is 0. The number of nitrogens with zero attached hydrogens (tertiary/aromatic N) is 1. The van der Waals surface area contributed by atoms with Crippen LogP contribution in [-0.4, -0.2) is 11.6 Å². The van der Waals surface area contributed by atoms with E-state index < -0.39 is 0 Å². The van der Waals surface area contributed by atoms with Crippen LogP contribution in [0.2, 0.25) is 0 Å². The Kier molecular flexibility index (Phi) is 4.76. The summed E-state index contributed by atoms with van der Waals surface area (Å²) in [5, 5.41) is 2.87. The molecule has 0 fully saturated rings. The zero-order valence-corrected chi connectivity index (χ0v) is 6.16. The van der Waals surface area contributed by atoms with Gasteiger partial charge in [0.15, 0.2) is 0 Å². The summed E-state index contributed by atoms with van der Waals surface area (Å²) in [6, 6.07) is 0. The van der Waals surface area contributed by atoms with Crippen LogP contribution in [0.3, 0.4) is 0 Å². The standard InChI is InChI=1S/C6H11NS/c1-4-7-6(3)8-5-2/h5H,2,4H2,1,3H3. The molecule has 0 aliphatic heterocycles. The SMILES string of the molecule is C=CSC(C)=NCC. The lowest BCUT2D eigenvalue weighted by atomic mass is 10.7. The van der Waals surface area contributed by atoms with E-state index in [1.807, 2.05) is 13.8 Å². The average Bonchev–Trinajstić information content (AvgIpc) is 1.68. The van der Waals surface area contributed by atoms with Gasteiger partial charge in [-0.3, -0.25) is 4.99 Å². The average molecular weight is 129 g/mol. The monoisotopic (exact) mass is 129 g/mol. The molecule has 0 saturated carbocycles. The van der Waals surface area contributed by atoms with Gasteiger partial charge in [0.1, 0.15) is 0 Å². The first-order chi connectivity index (χ1) is 3.81. The van der Waals surface area contributed by atoms with E-state index in [1.165, 1.54) is 0 Å². The first kappa shape index (κ1) is 7.76. The Balaban J connectivity index is 3.44. The number of rotatable bonds is 2. The lowest BCUT2D eigenvalue weighted by Gasteiger charge is -1.89. The Hall–Kier alpha value is -0.240. The summed E-state index contributed by atoms with van der Waals surface area (Å²) in [6.45, 7) is 8.44. The van der Waals surface area contributed by atoms with Crippen LogP contribution in [0.15, 0.2) is 17.0 Å². The van der Waals surface area contributed by atoms with Gasteiger partial charge >= 0.3 is 0 Å². The fraction of sp³-hybridized carbons (Fsp3) is 0.500. The second-order valence-corrected chi connectivity index (χ2v) is 2.44. The maximum atomic E-state index is 4.12. The minimum absolute atomic E-state index is 0.868. The first-order valence-electron chi connectivity index (χ1n) is 2.60. The summed E-state index contributed by atoms with van der Waals surface area (Å²) < 4.78 is 0. The van der Waals surface area contributed by atoms with Gasteiger partial charge in [0, 0.05) is 6.54 Å². The van der Waals surface area contributed by atoms with Crippen molar-refractivity contribution in [2.45, 2.75) is 13.8 Å². The van der Waals surface area contributed by atoms with Crippen molar-refractivity contribution in [3.05, 3.63) is 12.0 Å². The summed E-state index contributed by atoms with van der Waals surface area (Å²) in [6.07, 6.45) is 0. The predicted molar refractivity (Wildman–Crippen MR) is 41.4 cm³/mol. The first-order valence-corrected chi connectivity index (χ1v) is 3.47. The van der Waals surface area contributed by atoms with E-state index in [1.54, 1.807) is 17.2 Å². The number of hydrogen-bond acceptors (Lipinski definition) is 2. The fourth-order valence-corrected chi connectivity index (χ4v) is 0.825. The number of hydrogen-bond donors (Lipinski definition) is 0. The van der Waals surface area contributed by atoms with Crippen LogP contribution in [0.4, 0.5) is 0 Å². The Morgan fingerprint density at radius 1 is 1.88 bits per heavy atom. The van der Waals surface area contributed by atoms with Gasteiger partial charge < -0.3 is 0 Å². The third-order valence-corrected chi connectivity index (χ3v) is 1.27. The Labute approximate surface area is 54.9 Å². The van der Waals surface area contributed by atoms with Gasteiger partial charge in [0.05, 0.1) is 5.04 Å². The molecule has 46 valence electrons. The van der Waals surface area contributed by atoms with E-state index in [0.29, 0.717) is 0 Å². The van der Waals surface area contributed by atoms with Crippen molar-refractivity contribution >= 4 is 16.8 Å². The third kappa shape index (κ3) is 3.93. The summed E-state index contributed by atoms with van der Waals surface area (Å²) in [5.41, 5.74) is 0. The number of aliphatic imine (C=N–C) groups is 1. The molecule has 0 aromatic rings. The molecule has 0 aliphatic rings. The van der Waals surface area contributed by atoms with E-state index in [2.05, 4.69) is 11.6 Å². The molecule has 8 heavy (non-hydrogen) atoms. The van der Waals surface area contributed by atoms with Crippen molar-refractivity contribution in [1.82, 2.24) is 0 Å². The molecule has 0 unspecified atom stereocenters. The predicted octanol–water partition coefficient (Wildman–Crippen LogP) is 2.30.